The number of halogens is 1. The van der Waals surface area contributed by atoms with E-state index in [9.17, 15) is 8.42 Å². The van der Waals surface area contributed by atoms with Crippen LogP contribution < -0.4 is 4.72 Å². The number of rotatable bonds is 4. The van der Waals surface area contributed by atoms with Gasteiger partial charge in [-0.1, -0.05) is 18.2 Å². The van der Waals surface area contributed by atoms with Crippen molar-refractivity contribution in [3.63, 3.8) is 0 Å². The first kappa shape index (κ1) is 13.5. The van der Waals surface area contributed by atoms with E-state index in [1.807, 2.05) is 6.07 Å². The van der Waals surface area contributed by atoms with E-state index in [0.717, 1.165) is 0 Å². The molecule has 7 heteroatoms. The molecule has 2 N–H and O–H groups in total. The van der Waals surface area contributed by atoms with E-state index in [0.29, 0.717) is 14.4 Å². The molecule has 0 bridgehead atoms. The number of para-hydroxylation sites is 1. The number of hydrogen-bond donors (Lipinski definition) is 2. The lowest BCUT2D eigenvalue weighted by Crippen LogP contribution is -2.12. The molecule has 0 aliphatic rings. The molecular formula is C11H10BrNO3S2. The Balaban J connectivity index is 2.34. The van der Waals surface area contributed by atoms with Gasteiger partial charge in [0.25, 0.3) is 10.0 Å². The van der Waals surface area contributed by atoms with Gasteiger partial charge in [-0.25, -0.2) is 8.42 Å². The number of hydrogen-bond acceptors (Lipinski definition) is 4. The van der Waals surface area contributed by atoms with Crippen LogP contribution >= 0.6 is 27.3 Å². The number of anilines is 1. The van der Waals surface area contributed by atoms with Crippen molar-refractivity contribution in [1.29, 1.82) is 0 Å². The highest BCUT2D eigenvalue weighted by molar-refractivity contribution is 9.11. The molecule has 0 unspecified atom stereocenters. The van der Waals surface area contributed by atoms with Gasteiger partial charge in [-0.15, -0.1) is 11.3 Å². The summed E-state index contributed by atoms with van der Waals surface area (Å²) in [6.45, 7) is -0.176. The minimum atomic E-state index is -3.63. The molecule has 96 valence electrons. The maximum absolute atomic E-state index is 12.1. The van der Waals surface area contributed by atoms with Crippen LogP contribution in [0.5, 0.6) is 0 Å². The summed E-state index contributed by atoms with van der Waals surface area (Å²) in [7, 11) is -3.63. The van der Waals surface area contributed by atoms with Crippen LogP contribution in [0.4, 0.5) is 5.69 Å². The topological polar surface area (TPSA) is 66.4 Å². The van der Waals surface area contributed by atoms with Crippen LogP contribution in [0.15, 0.2) is 45.1 Å². The van der Waals surface area contributed by atoms with Crippen molar-refractivity contribution in [2.45, 2.75) is 11.5 Å². The van der Waals surface area contributed by atoms with Gasteiger partial charge >= 0.3 is 0 Å². The Morgan fingerprint density at radius 3 is 2.50 bits per heavy atom. The maximum atomic E-state index is 12.1. The van der Waals surface area contributed by atoms with Gasteiger partial charge in [0.15, 0.2) is 0 Å². The lowest BCUT2D eigenvalue weighted by atomic mass is 10.3. The zero-order chi connectivity index (χ0) is 13.2. The van der Waals surface area contributed by atoms with Crippen molar-refractivity contribution in [3.05, 3.63) is 45.1 Å². The molecule has 0 atom stereocenters. The van der Waals surface area contributed by atoms with E-state index >= 15 is 0 Å². The molecule has 0 amide bonds. The molecule has 0 radical (unpaired) electrons. The number of sulfonamides is 1. The van der Waals surface area contributed by atoms with E-state index in [-0.39, 0.29) is 11.5 Å². The SMILES string of the molecule is O=S(=O)(Nc1ccccc1)c1cc(CO)sc1Br. The highest BCUT2D eigenvalue weighted by atomic mass is 79.9. The lowest BCUT2D eigenvalue weighted by molar-refractivity contribution is 0.285. The maximum Gasteiger partial charge on any atom is 0.263 e. The standard InChI is InChI=1S/C11H10BrNO3S2/c12-11-10(6-9(7-14)17-11)18(15,16)13-8-4-2-1-3-5-8/h1-6,13-14H,7H2. The zero-order valence-electron chi connectivity index (χ0n) is 9.13. The van der Waals surface area contributed by atoms with E-state index in [1.165, 1.54) is 17.4 Å². The first-order valence-corrected chi connectivity index (χ1v) is 8.09. The second-order valence-electron chi connectivity index (χ2n) is 3.48. The summed E-state index contributed by atoms with van der Waals surface area (Å²) < 4.78 is 27.2. The molecule has 2 rings (SSSR count). The average molecular weight is 348 g/mol. The minimum absolute atomic E-state index is 0.139. The number of aliphatic hydroxyl groups excluding tert-OH is 1. The number of benzene rings is 1. The Bertz CT molecular complexity index is 638. The normalized spacial score (nSPS) is 11.4. The predicted octanol–water partition coefficient (Wildman–Crippen LogP) is 2.80. The van der Waals surface area contributed by atoms with Crippen LogP contribution in [0.1, 0.15) is 4.88 Å². The van der Waals surface area contributed by atoms with Crippen LogP contribution in [0.25, 0.3) is 0 Å². The highest BCUT2D eigenvalue weighted by Crippen LogP contribution is 2.32. The monoisotopic (exact) mass is 347 g/mol. The van der Waals surface area contributed by atoms with Gasteiger partial charge in [-0.3, -0.25) is 4.72 Å². The molecule has 1 heterocycles. The van der Waals surface area contributed by atoms with Crippen molar-refractivity contribution >= 4 is 43.0 Å². The fraction of sp³-hybridized carbons (Fsp3) is 0.0909. The molecule has 0 fully saturated rings. The first-order valence-electron chi connectivity index (χ1n) is 5.00. The Kier molecular flexibility index (Phi) is 4.06. The van der Waals surface area contributed by atoms with Gasteiger partial charge < -0.3 is 5.11 Å². The Morgan fingerprint density at radius 1 is 1.28 bits per heavy atom. The van der Waals surface area contributed by atoms with Gasteiger partial charge in [0.1, 0.15) is 4.90 Å². The molecule has 0 saturated heterocycles. The lowest BCUT2D eigenvalue weighted by Gasteiger charge is -2.06. The van der Waals surface area contributed by atoms with E-state index in [4.69, 9.17) is 5.11 Å². The number of thiophene rings is 1. The molecule has 1 aromatic carbocycles. The van der Waals surface area contributed by atoms with Crippen molar-refractivity contribution in [2.24, 2.45) is 0 Å². The second kappa shape index (κ2) is 5.40. The second-order valence-corrected chi connectivity index (χ2v) is 7.59. The quantitative estimate of drug-likeness (QED) is 0.893. The fourth-order valence-electron chi connectivity index (χ4n) is 1.38. The molecule has 0 aliphatic carbocycles. The molecule has 18 heavy (non-hydrogen) atoms. The van der Waals surface area contributed by atoms with Gasteiger partial charge in [-0.2, -0.15) is 0 Å². The summed E-state index contributed by atoms with van der Waals surface area (Å²) in [6.07, 6.45) is 0. The van der Waals surface area contributed by atoms with Crippen LogP contribution in [0.2, 0.25) is 0 Å². The van der Waals surface area contributed by atoms with E-state index in [2.05, 4.69) is 20.7 Å². The molecule has 0 spiro atoms. The Morgan fingerprint density at radius 2 is 1.94 bits per heavy atom. The van der Waals surface area contributed by atoms with Crippen molar-refractivity contribution in [3.8, 4) is 0 Å². The number of aliphatic hydroxyl groups is 1. The molecule has 4 nitrogen and oxygen atoms in total. The van der Waals surface area contributed by atoms with Gasteiger partial charge in [0, 0.05) is 10.6 Å². The van der Waals surface area contributed by atoms with Crippen molar-refractivity contribution in [1.82, 2.24) is 0 Å². The van der Waals surface area contributed by atoms with Crippen LogP contribution in [0, 0.1) is 0 Å². The largest absolute Gasteiger partial charge is 0.391 e. The summed E-state index contributed by atoms with van der Waals surface area (Å²) in [5.74, 6) is 0. The highest BCUT2D eigenvalue weighted by Gasteiger charge is 2.20. The first-order chi connectivity index (χ1) is 8.53. The third-order valence-corrected chi connectivity index (χ3v) is 5.80. The van der Waals surface area contributed by atoms with E-state index < -0.39 is 10.0 Å². The molecular weight excluding hydrogens is 338 g/mol. The van der Waals surface area contributed by atoms with E-state index in [1.54, 1.807) is 24.3 Å². The van der Waals surface area contributed by atoms with Crippen LogP contribution in [-0.2, 0) is 16.6 Å². The molecule has 1 aromatic heterocycles. The van der Waals surface area contributed by atoms with Gasteiger partial charge in [0.05, 0.1) is 10.4 Å². The van der Waals surface area contributed by atoms with Crippen molar-refractivity contribution < 1.29 is 13.5 Å². The number of nitrogens with one attached hydrogen (secondary N) is 1. The van der Waals surface area contributed by atoms with Gasteiger partial charge in [-0.05, 0) is 34.1 Å². The van der Waals surface area contributed by atoms with Crippen molar-refractivity contribution in [2.75, 3.05) is 4.72 Å². The minimum Gasteiger partial charge on any atom is -0.391 e. The molecule has 0 saturated carbocycles. The third-order valence-electron chi connectivity index (χ3n) is 2.18. The molecule has 0 aliphatic heterocycles. The summed E-state index contributed by atoms with van der Waals surface area (Å²) >= 11 is 4.39. The fourth-order valence-corrected chi connectivity index (χ4v) is 4.98. The third kappa shape index (κ3) is 2.92. The van der Waals surface area contributed by atoms with Gasteiger partial charge in [0.2, 0.25) is 0 Å². The Hall–Kier alpha value is -0.890. The Labute approximate surface area is 117 Å². The summed E-state index contributed by atoms with van der Waals surface area (Å²) in [5.41, 5.74) is 0.501. The smallest absolute Gasteiger partial charge is 0.263 e. The zero-order valence-corrected chi connectivity index (χ0v) is 12.3. The summed E-state index contributed by atoms with van der Waals surface area (Å²) in [5, 5.41) is 9.01. The van der Waals surface area contributed by atoms with Crippen LogP contribution in [0.3, 0.4) is 0 Å². The average Bonchev–Trinajstić information content (AvgIpc) is 2.72. The molecule has 2 aromatic rings. The predicted molar refractivity (Wildman–Crippen MR) is 75.2 cm³/mol. The summed E-state index contributed by atoms with van der Waals surface area (Å²) in [4.78, 5) is 0.732. The van der Waals surface area contributed by atoms with Crippen LogP contribution in [-0.4, -0.2) is 13.5 Å². The summed E-state index contributed by atoms with van der Waals surface area (Å²) in [6, 6.07) is 10.1.